The Morgan fingerprint density at radius 3 is 2.83 bits per heavy atom. The van der Waals surface area contributed by atoms with Crippen molar-refractivity contribution in [1.29, 1.82) is 0 Å². The molecule has 0 unspecified atom stereocenters. The number of imidazole rings is 1. The SMILES string of the molecule is O=C(O)C1CC(n2ccnc2)C1. The maximum Gasteiger partial charge on any atom is 0.306 e. The molecule has 1 aromatic rings. The second-order valence-electron chi connectivity index (χ2n) is 3.17. The van der Waals surface area contributed by atoms with Crippen LogP contribution in [0.25, 0.3) is 0 Å². The fourth-order valence-corrected chi connectivity index (χ4v) is 1.52. The van der Waals surface area contributed by atoms with E-state index >= 15 is 0 Å². The summed E-state index contributed by atoms with van der Waals surface area (Å²) in [5.41, 5.74) is 0. The van der Waals surface area contributed by atoms with Crippen molar-refractivity contribution in [1.82, 2.24) is 9.55 Å². The first-order chi connectivity index (χ1) is 5.77. The first-order valence-electron chi connectivity index (χ1n) is 3.97. The summed E-state index contributed by atoms with van der Waals surface area (Å²) in [5, 5.41) is 8.62. The van der Waals surface area contributed by atoms with Crippen molar-refractivity contribution in [3.05, 3.63) is 18.7 Å². The van der Waals surface area contributed by atoms with Gasteiger partial charge in [0.25, 0.3) is 0 Å². The summed E-state index contributed by atoms with van der Waals surface area (Å²) in [5.74, 6) is -0.816. The van der Waals surface area contributed by atoms with E-state index in [-0.39, 0.29) is 5.92 Å². The van der Waals surface area contributed by atoms with Crippen molar-refractivity contribution in [2.45, 2.75) is 18.9 Å². The van der Waals surface area contributed by atoms with Crippen LogP contribution in [0.4, 0.5) is 0 Å². The van der Waals surface area contributed by atoms with Gasteiger partial charge in [-0.2, -0.15) is 0 Å². The molecule has 0 atom stereocenters. The minimum absolute atomic E-state index is 0.141. The lowest BCUT2D eigenvalue weighted by atomic mass is 9.80. The average molecular weight is 166 g/mol. The van der Waals surface area contributed by atoms with Gasteiger partial charge in [0.05, 0.1) is 12.2 Å². The molecule has 4 nitrogen and oxygen atoms in total. The highest BCUT2D eigenvalue weighted by Gasteiger charge is 2.35. The van der Waals surface area contributed by atoms with Crippen LogP contribution in [0.1, 0.15) is 18.9 Å². The molecule has 0 spiro atoms. The molecule has 1 fully saturated rings. The van der Waals surface area contributed by atoms with Crippen molar-refractivity contribution in [3.63, 3.8) is 0 Å². The largest absolute Gasteiger partial charge is 0.481 e. The average Bonchev–Trinajstić information content (AvgIpc) is 2.34. The van der Waals surface area contributed by atoms with Crippen molar-refractivity contribution in [2.24, 2.45) is 5.92 Å². The molecule has 1 aliphatic carbocycles. The van der Waals surface area contributed by atoms with Crippen molar-refractivity contribution >= 4 is 5.97 Å². The van der Waals surface area contributed by atoms with Crippen molar-refractivity contribution < 1.29 is 9.90 Å². The third kappa shape index (κ3) is 1.09. The Kier molecular flexibility index (Phi) is 1.60. The lowest BCUT2D eigenvalue weighted by Gasteiger charge is -2.32. The second kappa shape index (κ2) is 2.62. The normalized spacial score (nSPS) is 28.0. The zero-order valence-electron chi connectivity index (χ0n) is 6.55. The molecule has 0 radical (unpaired) electrons. The van der Waals surface area contributed by atoms with Gasteiger partial charge in [-0.1, -0.05) is 0 Å². The fourth-order valence-electron chi connectivity index (χ4n) is 1.52. The molecule has 1 N–H and O–H groups in total. The van der Waals surface area contributed by atoms with E-state index in [4.69, 9.17) is 5.11 Å². The number of hydrogen-bond donors (Lipinski definition) is 1. The Hall–Kier alpha value is -1.32. The molecule has 1 heterocycles. The molecule has 1 aliphatic rings. The van der Waals surface area contributed by atoms with Gasteiger partial charge in [-0.25, -0.2) is 4.98 Å². The van der Waals surface area contributed by atoms with Crippen LogP contribution in [0, 0.1) is 5.92 Å². The van der Waals surface area contributed by atoms with E-state index in [1.54, 1.807) is 12.5 Å². The van der Waals surface area contributed by atoms with Crippen LogP contribution < -0.4 is 0 Å². The summed E-state index contributed by atoms with van der Waals surface area (Å²) in [6, 6.07) is 0.355. The number of carboxylic acid groups (broad SMARTS) is 1. The lowest BCUT2D eigenvalue weighted by molar-refractivity contribution is -0.146. The number of aromatic nitrogens is 2. The molecule has 0 aromatic carbocycles. The molecular weight excluding hydrogens is 156 g/mol. The molecule has 2 rings (SSSR count). The number of rotatable bonds is 2. The topological polar surface area (TPSA) is 55.1 Å². The zero-order chi connectivity index (χ0) is 8.55. The summed E-state index contributed by atoms with van der Waals surface area (Å²) in [7, 11) is 0. The Balaban J connectivity index is 1.94. The molecule has 64 valence electrons. The van der Waals surface area contributed by atoms with Gasteiger partial charge in [-0.15, -0.1) is 0 Å². The molecule has 12 heavy (non-hydrogen) atoms. The Bertz CT molecular complexity index is 275. The third-order valence-corrected chi connectivity index (χ3v) is 2.41. The second-order valence-corrected chi connectivity index (χ2v) is 3.17. The van der Waals surface area contributed by atoms with Gasteiger partial charge in [0.15, 0.2) is 0 Å². The van der Waals surface area contributed by atoms with Crippen LogP contribution >= 0.6 is 0 Å². The maximum atomic E-state index is 10.5. The van der Waals surface area contributed by atoms with Gasteiger partial charge in [0, 0.05) is 18.4 Å². The van der Waals surface area contributed by atoms with E-state index in [0.29, 0.717) is 6.04 Å². The molecule has 0 aliphatic heterocycles. The van der Waals surface area contributed by atoms with Gasteiger partial charge in [-0.05, 0) is 12.8 Å². The first kappa shape index (κ1) is 7.34. The molecule has 0 bridgehead atoms. The minimum Gasteiger partial charge on any atom is -0.481 e. The van der Waals surface area contributed by atoms with E-state index in [9.17, 15) is 4.79 Å². The summed E-state index contributed by atoms with van der Waals surface area (Å²) >= 11 is 0. The number of carbonyl (C=O) groups is 1. The molecular formula is C8H10N2O2. The number of hydrogen-bond acceptors (Lipinski definition) is 2. The zero-order valence-corrected chi connectivity index (χ0v) is 6.55. The van der Waals surface area contributed by atoms with E-state index in [1.807, 2.05) is 10.8 Å². The Labute approximate surface area is 69.8 Å². The van der Waals surface area contributed by atoms with Crippen molar-refractivity contribution in [2.75, 3.05) is 0 Å². The van der Waals surface area contributed by atoms with Crippen LogP contribution in [0.15, 0.2) is 18.7 Å². The number of carboxylic acids is 1. The number of aliphatic carboxylic acids is 1. The third-order valence-electron chi connectivity index (χ3n) is 2.41. The highest BCUT2D eigenvalue weighted by Crippen LogP contribution is 2.37. The summed E-state index contributed by atoms with van der Waals surface area (Å²) in [6.45, 7) is 0. The van der Waals surface area contributed by atoms with E-state index in [1.165, 1.54) is 0 Å². The van der Waals surface area contributed by atoms with Crippen LogP contribution in [-0.4, -0.2) is 20.6 Å². The Morgan fingerprint density at radius 1 is 1.58 bits per heavy atom. The first-order valence-corrected chi connectivity index (χ1v) is 3.97. The monoisotopic (exact) mass is 166 g/mol. The predicted octanol–water partition coefficient (Wildman–Crippen LogP) is 0.919. The molecule has 0 saturated heterocycles. The van der Waals surface area contributed by atoms with Gasteiger partial charge >= 0.3 is 5.97 Å². The van der Waals surface area contributed by atoms with Crippen molar-refractivity contribution in [3.8, 4) is 0 Å². The van der Waals surface area contributed by atoms with E-state index in [2.05, 4.69) is 4.98 Å². The van der Waals surface area contributed by atoms with E-state index in [0.717, 1.165) is 12.8 Å². The predicted molar refractivity (Wildman–Crippen MR) is 41.6 cm³/mol. The van der Waals surface area contributed by atoms with Crippen LogP contribution in [0.5, 0.6) is 0 Å². The van der Waals surface area contributed by atoms with Gasteiger partial charge in [0.1, 0.15) is 0 Å². The van der Waals surface area contributed by atoms with Gasteiger partial charge < -0.3 is 9.67 Å². The van der Waals surface area contributed by atoms with E-state index < -0.39 is 5.97 Å². The fraction of sp³-hybridized carbons (Fsp3) is 0.500. The Morgan fingerprint density at radius 2 is 2.33 bits per heavy atom. The molecule has 0 amide bonds. The number of nitrogens with zero attached hydrogens (tertiary/aromatic N) is 2. The molecule has 1 aromatic heterocycles. The highest BCUT2D eigenvalue weighted by atomic mass is 16.4. The maximum absolute atomic E-state index is 10.5. The van der Waals surface area contributed by atoms with Crippen LogP contribution in [0.3, 0.4) is 0 Å². The summed E-state index contributed by atoms with van der Waals surface area (Å²) in [6.07, 6.45) is 6.82. The van der Waals surface area contributed by atoms with Gasteiger partial charge in [-0.3, -0.25) is 4.79 Å². The summed E-state index contributed by atoms with van der Waals surface area (Å²) in [4.78, 5) is 14.4. The van der Waals surface area contributed by atoms with Crippen LogP contribution in [-0.2, 0) is 4.79 Å². The molecule has 1 saturated carbocycles. The molecule has 4 heteroatoms. The quantitative estimate of drug-likeness (QED) is 0.710. The standard InChI is InChI=1S/C8H10N2O2/c11-8(12)6-3-7(4-6)10-2-1-9-5-10/h1-2,5-7H,3-4H2,(H,11,12). The van der Waals surface area contributed by atoms with Gasteiger partial charge in [0.2, 0.25) is 0 Å². The van der Waals surface area contributed by atoms with Crippen LogP contribution in [0.2, 0.25) is 0 Å². The minimum atomic E-state index is -0.675. The highest BCUT2D eigenvalue weighted by molar-refractivity contribution is 5.71. The smallest absolute Gasteiger partial charge is 0.306 e. The lowest BCUT2D eigenvalue weighted by Crippen LogP contribution is -2.31. The summed E-state index contributed by atoms with van der Waals surface area (Å²) < 4.78 is 1.97.